The third-order valence-corrected chi connectivity index (χ3v) is 3.60. The standard InChI is InChI=1S/C16H13F2NO4/c17-13-6-14(18)15(21)5-12(13)9-1-3-10(4-2-9)19-7-11(8-20)23-16(19)22/h1-6,11,20-21H,7-8H2/t11-/m1/s1. The topological polar surface area (TPSA) is 70.0 Å². The van der Waals surface area contributed by atoms with E-state index >= 15 is 0 Å². The highest BCUT2D eigenvalue weighted by Gasteiger charge is 2.31. The molecule has 0 spiro atoms. The number of aliphatic hydroxyl groups is 1. The number of hydrogen-bond donors (Lipinski definition) is 2. The van der Waals surface area contributed by atoms with Crippen LogP contribution in [-0.4, -0.2) is 35.6 Å². The minimum absolute atomic E-state index is 0.0488. The molecule has 120 valence electrons. The van der Waals surface area contributed by atoms with E-state index in [9.17, 15) is 18.7 Å². The molecule has 3 rings (SSSR count). The smallest absolute Gasteiger partial charge is 0.414 e. The highest BCUT2D eigenvalue weighted by Crippen LogP contribution is 2.31. The number of cyclic esters (lactones) is 1. The summed E-state index contributed by atoms with van der Waals surface area (Å²) in [4.78, 5) is 13.0. The predicted molar refractivity (Wildman–Crippen MR) is 78.2 cm³/mol. The number of carbonyl (C=O) groups excluding carboxylic acids is 1. The third-order valence-electron chi connectivity index (χ3n) is 3.60. The molecular weight excluding hydrogens is 308 g/mol. The van der Waals surface area contributed by atoms with Crippen molar-refractivity contribution in [3.05, 3.63) is 48.0 Å². The summed E-state index contributed by atoms with van der Waals surface area (Å²) < 4.78 is 31.8. The summed E-state index contributed by atoms with van der Waals surface area (Å²) in [5.41, 5.74) is 1.00. The van der Waals surface area contributed by atoms with Gasteiger partial charge in [0.1, 0.15) is 11.9 Å². The van der Waals surface area contributed by atoms with Gasteiger partial charge in [0.15, 0.2) is 11.6 Å². The Hall–Kier alpha value is -2.67. The van der Waals surface area contributed by atoms with Gasteiger partial charge in [0.2, 0.25) is 0 Å². The van der Waals surface area contributed by atoms with Crippen LogP contribution in [0.4, 0.5) is 19.3 Å². The van der Waals surface area contributed by atoms with Crippen LogP contribution in [0.5, 0.6) is 5.75 Å². The number of rotatable bonds is 3. The highest BCUT2D eigenvalue weighted by molar-refractivity contribution is 5.90. The normalized spacial score (nSPS) is 17.4. The van der Waals surface area contributed by atoms with Crippen LogP contribution >= 0.6 is 0 Å². The van der Waals surface area contributed by atoms with Crippen molar-refractivity contribution in [2.24, 2.45) is 0 Å². The van der Waals surface area contributed by atoms with Crippen LogP contribution in [0.25, 0.3) is 11.1 Å². The Morgan fingerprint density at radius 1 is 1.17 bits per heavy atom. The number of aliphatic hydroxyl groups excluding tert-OH is 1. The van der Waals surface area contributed by atoms with Gasteiger partial charge in [-0.25, -0.2) is 13.6 Å². The zero-order valence-corrected chi connectivity index (χ0v) is 11.9. The van der Waals surface area contributed by atoms with E-state index in [0.29, 0.717) is 17.3 Å². The lowest BCUT2D eigenvalue weighted by atomic mass is 10.0. The van der Waals surface area contributed by atoms with Crippen LogP contribution in [0.3, 0.4) is 0 Å². The Labute approximate surface area is 130 Å². The van der Waals surface area contributed by atoms with E-state index in [0.717, 1.165) is 6.07 Å². The number of ether oxygens (including phenoxy) is 1. The van der Waals surface area contributed by atoms with Crippen LogP contribution in [-0.2, 0) is 4.74 Å². The molecule has 1 atom stereocenters. The van der Waals surface area contributed by atoms with Crippen LogP contribution in [0.15, 0.2) is 36.4 Å². The SMILES string of the molecule is O=C1O[C@@H](CO)CN1c1ccc(-c2cc(O)c(F)cc2F)cc1. The number of benzene rings is 2. The number of aromatic hydroxyl groups is 1. The molecular formula is C16H13F2NO4. The van der Waals surface area contributed by atoms with Crippen molar-refractivity contribution in [1.29, 1.82) is 0 Å². The zero-order valence-electron chi connectivity index (χ0n) is 11.9. The zero-order chi connectivity index (χ0) is 16.6. The minimum Gasteiger partial charge on any atom is -0.505 e. The Bertz CT molecular complexity index is 748. The molecule has 0 aromatic heterocycles. The molecule has 0 aliphatic carbocycles. The summed E-state index contributed by atoms with van der Waals surface area (Å²) in [6, 6.07) is 7.87. The number of halogens is 2. The number of phenolic OH excluding ortho intramolecular Hbond substituents is 1. The van der Waals surface area contributed by atoms with Crippen molar-refractivity contribution >= 4 is 11.8 Å². The van der Waals surface area contributed by atoms with Gasteiger partial charge in [0.25, 0.3) is 0 Å². The summed E-state index contributed by atoms with van der Waals surface area (Å²) in [7, 11) is 0. The fourth-order valence-electron chi connectivity index (χ4n) is 2.41. The van der Waals surface area contributed by atoms with E-state index in [1.165, 1.54) is 4.90 Å². The largest absolute Gasteiger partial charge is 0.505 e. The van der Waals surface area contributed by atoms with Gasteiger partial charge in [-0.2, -0.15) is 0 Å². The summed E-state index contributed by atoms with van der Waals surface area (Å²) in [5, 5.41) is 18.4. The molecule has 0 unspecified atom stereocenters. The molecule has 1 aliphatic rings. The van der Waals surface area contributed by atoms with Crippen molar-refractivity contribution in [2.75, 3.05) is 18.1 Å². The van der Waals surface area contributed by atoms with E-state index in [-0.39, 0.29) is 18.7 Å². The molecule has 23 heavy (non-hydrogen) atoms. The van der Waals surface area contributed by atoms with Gasteiger partial charge in [-0.05, 0) is 23.8 Å². The molecule has 2 aromatic carbocycles. The molecule has 2 aromatic rings. The van der Waals surface area contributed by atoms with Gasteiger partial charge in [-0.3, -0.25) is 4.90 Å². The second-order valence-electron chi connectivity index (χ2n) is 5.13. The first kappa shape index (κ1) is 15.2. The van der Waals surface area contributed by atoms with Gasteiger partial charge in [0, 0.05) is 17.3 Å². The number of anilines is 1. The summed E-state index contributed by atoms with van der Waals surface area (Å²) in [6.07, 6.45) is -1.14. The third kappa shape index (κ3) is 2.83. The quantitative estimate of drug-likeness (QED) is 0.912. The second kappa shape index (κ2) is 5.85. The van der Waals surface area contributed by atoms with Gasteiger partial charge >= 0.3 is 6.09 Å². The van der Waals surface area contributed by atoms with Crippen LogP contribution in [0, 0.1) is 11.6 Å². The number of carbonyl (C=O) groups is 1. The first-order chi connectivity index (χ1) is 11.0. The Kier molecular flexibility index (Phi) is 3.87. The summed E-state index contributed by atoms with van der Waals surface area (Å²) >= 11 is 0. The predicted octanol–water partition coefficient (Wildman–Crippen LogP) is 2.65. The van der Waals surface area contributed by atoms with E-state index in [1.807, 2.05) is 0 Å². The van der Waals surface area contributed by atoms with E-state index in [2.05, 4.69) is 0 Å². The molecule has 2 N–H and O–H groups in total. The molecule has 1 amide bonds. The van der Waals surface area contributed by atoms with Crippen LogP contribution in [0.1, 0.15) is 0 Å². The monoisotopic (exact) mass is 321 g/mol. The first-order valence-corrected chi connectivity index (χ1v) is 6.87. The Morgan fingerprint density at radius 3 is 2.48 bits per heavy atom. The van der Waals surface area contributed by atoms with E-state index in [4.69, 9.17) is 9.84 Å². The molecule has 1 fully saturated rings. The first-order valence-electron chi connectivity index (χ1n) is 6.87. The van der Waals surface area contributed by atoms with Gasteiger partial charge in [0.05, 0.1) is 13.2 Å². The maximum atomic E-state index is 13.8. The fourth-order valence-corrected chi connectivity index (χ4v) is 2.41. The maximum Gasteiger partial charge on any atom is 0.414 e. The lowest BCUT2D eigenvalue weighted by molar-refractivity contribution is 0.0963. The molecule has 0 radical (unpaired) electrons. The summed E-state index contributed by atoms with van der Waals surface area (Å²) in [6.45, 7) is -0.0409. The van der Waals surface area contributed by atoms with Crippen molar-refractivity contribution in [3.8, 4) is 16.9 Å². The van der Waals surface area contributed by atoms with E-state index in [1.54, 1.807) is 24.3 Å². The molecule has 1 saturated heterocycles. The number of hydrogen-bond acceptors (Lipinski definition) is 4. The lowest BCUT2D eigenvalue weighted by Gasteiger charge is -2.13. The van der Waals surface area contributed by atoms with Crippen LogP contribution in [0.2, 0.25) is 0 Å². The van der Waals surface area contributed by atoms with Gasteiger partial charge < -0.3 is 14.9 Å². The fraction of sp³-hybridized carbons (Fsp3) is 0.188. The summed E-state index contributed by atoms with van der Waals surface area (Å²) in [5.74, 6) is -2.47. The average Bonchev–Trinajstić information content (AvgIpc) is 2.92. The Morgan fingerprint density at radius 2 is 1.87 bits per heavy atom. The minimum atomic E-state index is -1.03. The van der Waals surface area contributed by atoms with Crippen molar-refractivity contribution < 1.29 is 28.5 Å². The Balaban J connectivity index is 1.88. The number of phenols is 1. The number of nitrogens with zero attached hydrogens (tertiary/aromatic N) is 1. The maximum absolute atomic E-state index is 13.8. The lowest BCUT2D eigenvalue weighted by Crippen LogP contribution is -2.25. The second-order valence-corrected chi connectivity index (χ2v) is 5.13. The van der Waals surface area contributed by atoms with E-state index < -0.39 is 29.6 Å². The number of amides is 1. The average molecular weight is 321 g/mol. The molecule has 0 bridgehead atoms. The van der Waals surface area contributed by atoms with Crippen molar-refractivity contribution in [2.45, 2.75) is 6.10 Å². The molecule has 7 heteroatoms. The highest BCUT2D eigenvalue weighted by atomic mass is 19.1. The van der Waals surface area contributed by atoms with Crippen molar-refractivity contribution in [3.63, 3.8) is 0 Å². The van der Waals surface area contributed by atoms with Crippen LogP contribution < -0.4 is 4.90 Å². The molecule has 5 nitrogen and oxygen atoms in total. The molecule has 1 aliphatic heterocycles. The van der Waals surface area contributed by atoms with Gasteiger partial charge in [-0.1, -0.05) is 12.1 Å². The van der Waals surface area contributed by atoms with Crippen molar-refractivity contribution in [1.82, 2.24) is 0 Å². The molecule has 1 heterocycles. The van der Waals surface area contributed by atoms with Gasteiger partial charge in [-0.15, -0.1) is 0 Å². The molecule has 0 saturated carbocycles.